The SMILES string of the molecule is CCCCCCCCC(=O)NCc1ccc(OCOP(=O)(O)O)c(OC)c1. The molecule has 1 aromatic carbocycles. The number of ether oxygens (including phenoxy) is 2. The Morgan fingerprint density at radius 2 is 1.81 bits per heavy atom. The molecule has 0 aliphatic rings. The molecule has 0 spiro atoms. The Hall–Kier alpha value is -1.60. The van der Waals surface area contributed by atoms with E-state index in [0.717, 1.165) is 18.4 Å². The van der Waals surface area contributed by atoms with Crippen LogP contribution in [0.3, 0.4) is 0 Å². The first-order chi connectivity index (χ1) is 12.9. The van der Waals surface area contributed by atoms with Gasteiger partial charge in [0.25, 0.3) is 0 Å². The normalized spacial score (nSPS) is 11.3. The van der Waals surface area contributed by atoms with Crippen LogP contribution in [0, 0.1) is 0 Å². The number of phosphoric ester groups is 1. The molecule has 0 heterocycles. The van der Waals surface area contributed by atoms with Crippen LogP contribution in [0.4, 0.5) is 0 Å². The molecule has 27 heavy (non-hydrogen) atoms. The largest absolute Gasteiger partial charge is 0.493 e. The number of phosphoric acid groups is 1. The van der Waals surface area contributed by atoms with Gasteiger partial charge < -0.3 is 24.6 Å². The minimum absolute atomic E-state index is 0.0137. The molecule has 0 aliphatic heterocycles. The van der Waals surface area contributed by atoms with Gasteiger partial charge in [0, 0.05) is 13.0 Å². The van der Waals surface area contributed by atoms with E-state index in [4.69, 9.17) is 19.3 Å². The fraction of sp³-hybridized carbons (Fsp3) is 0.611. The predicted molar refractivity (Wildman–Crippen MR) is 101 cm³/mol. The number of hydrogen-bond donors (Lipinski definition) is 3. The average molecular weight is 403 g/mol. The summed E-state index contributed by atoms with van der Waals surface area (Å²) < 4.78 is 25.2. The van der Waals surface area contributed by atoms with Crippen LogP contribution < -0.4 is 14.8 Å². The van der Waals surface area contributed by atoms with Gasteiger partial charge >= 0.3 is 7.82 Å². The lowest BCUT2D eigenvalue weighted by atomic mass is 10.1. The van der Waals surface area contributed by atoms with Gasteiger partial charge in [0.15, 0.2) is 11.5 Å². The van der Waals surface area contributed by atoms with Crippen LogP contribution in [0.1, 0.15) is 57.4 Å². The zero-order valence-corrected chi connectivity index (χ0v) is 16.9. The lowest BCUT2D eigenvalue weighted by Gasteiger charge is -2.13. The molecule has 1 rings (SSSR count). The molecule has 9 heteroatoms. The maximum atomic E-state index is 11.9. The molecule has 0 saturated carbocycles. The van der Waals surface area contributed by atoms with Gasteiger partial charge in [-0.25, -0.2) is 9.09 Å². The van der Waals surface area contributed by atoms with E-state index in [1.165, 1.54) is 32.8 Å². The zero-order chi connectivity index (χ0) is 20.1. The third kappa shape index (κ3) is 11.0. The first-order valence-corrected chi connectivity index (χ1v) is 10.6. The van der Waals surface area contributed by atoms with Crippen molar-refractivity contribution in [2.45, 2.75) is 58.4 Å². The van der Waals surface area contributed by atoms with E-state index in [0.29, 0.717) is 18.7 Å². The van der Waals surface area contributed by atoms with Crippen molar-refractivity contribution in [3.8, 4) is 11.5 Å². The Labute approximate surface area is 160 Å². The van der Waals surface area contributed by atoms with Crippen molar-refractivity contribution in [2.24, 2.45) is 0 Å². The summed E-state index contributed by atoms with van der Waals surface area (Å²) in [7, 11) is -3.14. The molecular weight excluding hydrogens is 373 g/mol. The van der Waals surface area contributed by atoms with Gasteiger partial charge in [-0.1, -0.05) is 45.1 Å². The van der Waals surface area contributed by atoms with Gasteiger partial charge in [0.2, 0.25) is 12.7 Å². The maximum Gasteiger partial charge on any atom is 0.472 e. The quantitative estimate of drug-likeness (QED) is 0.247. The molecule has 0 aliphatic carbocycles. The highest BCUT2D eigenvalue weighted by Crippen LogP contribution is 2.36. The van der Waals surface area contributed by atoms with Gasteiger partial charge in [-0.05, 0) is 24.1 Å². The van der Waals surface area contributed by atoms with Gasteiger partial charge in [-0.15, -0.1) is 0 Å². The number of amides is 1. The second-order valence-electron chi connectivity index (χ2n) is 6.16. The summed E-state index contributed by atoms with van der Waals surface area (Å²) in [6.45, 7) is 1.94. The number of nitrogens with one attached hydrogen (secondary N) is 1. The molecule has 1 amide bonds. The minimum Gasteiger partial charge on any atom is -0.493 e. The van der Waals surface area contributed by atoms with Crippen LogP contribution >= 0.6 is 7.82 Å². The molecule has 0 aromatic heterocycles. The predicted octanol–water partition coefficient (Wildman–Crippen LogP) is 3.51. The molecule has 0 fully saturated rings. The summed E-state index contributed by atoms with van der Waals surface area (Å²) in [6.07, 6.45) is 7.35. The maximum absolute atomic E-state index is 11.9. The first kappa shape index (κ1) is 23.4. The van der Waals surface area contributed by atoms with Gasteiger partial charge in [0.05, 0.1) is 7.11 Å². The Bertz CT molecular complexity index is 618. The Morgan fingerprint density at radius 1 is 1.11 bits per heavy atom. The summed E-state index contributed by atoms with van der Waals surface area (Å²) in [5, 5.41) is 2.87. The van der Waals surface area contributed by atoms with Crippen LogP contribution in [-0.2, 0) is 20.4 Å². The van der Waals surface area contributed by atoms with Crippen molar-refractivity contribution >= 4 is 13.7 Å². The van der Waals surface area contributed by atoms with E-state index in [2.05, 4.69) is 16.8 Å². The van der Waals surface area contributed by atoms with E-state index in [1.54, 1.807) is 18.2 Å². The van der Waals surface area contributed by atoms with Crippen LogP contribution in [0.25, 0.3) is 0 Å². The Morgan fingerprint density at radius 3 is 2.48 bits per heavy atom. The average Bonchev–Trinajstić information content (AvgIpc) is 2.62. The zero-order valence-electron chi connectivity index (χ0n) is 16.0. The number of carbonyl (C=O) groups excluding carboxylic acids is 1. The molecular formula is C18H30NO7P. The molecule has 0 bridgehead atoms. The lowest BCUT2D eigenvalue weighted by molar-refractivity contribution is -0.121. The molecule has 8 nitrogen and oxygen atoms in total. The van der Waals surface area contributed by atoms with E-state index < -0.39 is 14.6 Å². The number of carbonyl (C=O) groups is 1. The molecule has 154 valence electrons. The molecule has 3 N–H and O–H groups in total. The highest BCUT2D eigenvalue weighted by Gasteiger charge is 2.15. The monoisotopic (exact) mass is 403 g/mol. The van der Waals surface area contributed by atoms with Crippen molar-refractivity contribution in [2.75, 3.05) is 13.9 Å². The van der Waals surface area contributed by atoms with Gasteiger partial charge in [0.1, 0.15) is 0 Å². The van der Waals surface area contributed by atoms with E-state index in [1.807, 2.05) is 0 Å². The Kier molecular flexibility index (Phi) is 11.0. The smallest absolute Gasteiger partial charge is 0.472 e. The fourth-order valence-corrected chi connectivity index (χ4v) is 2.64. The van der Waals surface area contributed by atoms with Crippen molar-refractivity contribution in [1.29, 1.82) is 0 Å². The highest BCUT2D eigenvalue weighted by atomic mass is 31.2. The molecule has 0 unspecified atom stereocenters. The highest BCUT2D eigenvalue weighted by molar-refractivity contribution is 7.46. The summed E-state index contributed by atoms with van der Waals surface area (Å²) in [4.78, 5) is 29.2. The molecule has 1 aromatic rings. The molecule has 0 radical (unpaired) electrons. The minimum atomic E-state index is -4.59. The number of unbranched alkanes of at least 4 members (excludes halogenated alkanes) is 5. The number of rotatable bonds is 14. The van der Waals surface area contributed by atoms with Crippen molar-refractivity contribution in [3.63, 3.8) is 0 Å². The fourth-order valence-electron chi connectivity index (χ4n) is 2.45. The van der Waals surface area contributed by atoms with Crippen LogP contribution in [0.15, 0.2) is 18.2 Å². The third-order valence-corrected chi connectivity index (χ3v) is 4.35. The molecule has 0 atom stereocenters. The lowest BCUT2D eigenvalue weighted by Crippen LogP contribution is -2.22. The van der Waals surface area contributed by atoms with E-state index >= 15 is 0 Å². The second-order valence-corrected chi connectivity index (χ2v) is 7.40. The summed E-state index contributed by atoms with van der Waals surface area (Å²) in [6, 6.07) is 5.02. The van der Waals surface area contributed by atoms with Crippen molar-refractivity contribution < 1.29 is 33.1 Å². The number of hydrogen-bond acceptors (Lipinski definition) is 5. The standard InChI is InChI=1S/C18H30NO7P/c1-3-4-5-6-7-8-9-18(20)19-13-15-10-11-16(17(12-15)24-2)25-14-26-27(21,22)23/h10-12H,3-9,13-14H2,1-2H3,(H,19,20)(H2,21,22,23). The second kappa shape index (κ2) is 12.7. The summed E-state index contributed by atoms with van der Waals surface area (Å²) >= 11 is 0. The summed E-state index contributed by atoms with van der Waals surface area (Å²) in [5.41, 5.74) is 0.825. The number of methoxy groups -OCH3 is 1. The van der Waals surface area contributed by atoms with Crippen LogP contribution in [0.5, 0.6) is 11.5 Å². The first-order valence-electron chi connectivity index (χ1n) is 9.12. The van der Waals surface area contributed by atoms with Crippen LogP contribution in [-0.4, -0.2) is 29.6 Å². The van der Waals surface area contributed by atoms with Gasteiger partial charge in [-0.2, -0.15) is 0 Å². The van der Waals surface area contributed by atoms with Gasteiger partial charge in [-0.3, -0.25) is 4.79 Å². The molecule has 0 saturated heterocycles. The van der Waals surface area contributed by atoms with Crippen LogP contribution in [0.2, 0.25) is 0 Å². The van der Waals surface area contributed by atoms with E-state index in [9.17, 15) is 9.36 Å². The Balaban J connectivity index is 2.38. The number of benzene rings is 1. The van der Waals surface area contributed by atoms with E-state index in [-0.39, 0.29) is 11.7 Å². The van der Waals surface area contributed by atoms with Crippen molar-refractivity contribution in [3.05, 3.63) is 23.8 Å². The third-order valence-electron chi connectivity index (χ3n) is 3.91. The topological polar surface area (TPSA) is 114 Å². The summed E-state index contributed by atoms with van der Waals surface area (Å²) in [5.74, 6) is 0.680. The van der Waals surface area contributed by atoms with Crippen molar-refractivity contribution in [1.82, 2.24) is 5.32 Å².